The Kier molecular flexibility index (Phi) is 4.81. The molecule has 0 saturated heterocycles. The molecule has 0 fully saturated rings. The number of nitrogens with zero attached hydrogens (tertiary/aromatic N) is 2. The number of aromatic amines is 1. The van der Waals surface area contributed by atoms with Crippen LogP contribution in [0.1, 0.15) is 47.9 Å². The predicted octanol–water partition coefficient (Wildman–Crippen LogP) is 4.80. The first-order valence-corrected chi connectivity index (χ1v) is 10.2. The van der Waals surface area contributed by atoms with Crippen LogP contribution in [0.4, 0.5) is 0 Å². The quantitative estimate of drug-likeness (QED) is 0.649. The van der Waals surface area contributed by atoms with Crippen LogP contribution in [0.15, 0.2) is 41.1 Å². The van der Waals surface area contributed by atoms with E-state index in [2.05, 4.69) is 36.2 Å². The van der Waals surface area contributed by atoms with Gasteiger partial charge < -0.3 is 15.2 Å². The number of H-pyrrole nitrogens is 1. The minimum absolute atomic E-state index is 0.0931. The van der Waals surface area contributed by atoms with Gasteiger partial charge in [0.05, 0.1) is 29.2 Å². The Bertz CT molecular complexity index is 1140. The van der Waals surface area contributed by atoms with Crippen LogP contribution in [-0.4, -0.2) is 17.3 Å². The highest BCUT2D eigenvalue weighted by Crippen LogP contribution is 2.48. The van der Waals surface area contributed by atoms with Crippen molar-refractivity contribution in [1.29, 1.82) is 5.26 Å². The van der Waals surface area contributed by atoms with Crippen LogP contribution in [0.2, 0.25) is 0 Å². The first-order chi connectivity index (χ1) is 14.0. The first kappa shape index (κ1) is 19.1. The number of hydrogen-bond donors (Lipinski definition) is 2. The number of allylic oxidation sites excluding steroid dienone is 1. The van der Waals surface area contributed by atoms with Crippen molar-refractivity contribution in [3.8, 4) is 28.3 Å². The van der Waals surface area contributed by atoms with E-state index in [1.54, 1.807) is 18.4 Å². The molecular formula is C22H22N4O2S. The van der Waals surface area contributed by atoms with Gasteiger partial charge in [-0.1, -0.05) is 26.0 Å². The molecule has 1 aliphatic rings. The summed E-state index contributed by atoms with van der Waals surface area (Å²) < 4.78 is 11.3. The zero-order chi connectivity index (χ0) is 20.7. The van der Waals surface area contributed by atoms with Gasteiger partial charge in [-0.3, -0.25) is 5.10 Å². The number of methoxy groups -OCH3 is 1. The molecule has 0 bridgehead atoms. The summed E-state index contributed by atoms with van der Waals surface area (Å²) in [4.78, 5) is 1.03. The Morgan fingerprint density at radius 3 is 2.79 bits per heavy atom. The number of thiophene rings is 1. The number of nitrogens with two attached hydrogens (primary N) is 1. The fourth-order valence-electron chi connectivity index (χ4n) is 3.82. The summed E-state index contributed by atoms with van der Waals surface area (Å²) in [7, 11) is 1.68. The highest BCUT2D eigenvalue weighted by Gasteiger charge is 2.37. The van der Waals surface area contributed by atoms with Crippen molar-refractivity contribution < 1.29 is 9.47 Å². The SMILES string of the molecule is COc1cc(C)c(C2C(C#N)=C(N)Oc3n[nH]c(-c4cccs4)c32)cc1C(C)C. The maximum Gasteiger partial charge on any atom is 0.244 e. The van der Waals surface area contributed by atoms with E-state index < -0.39 is 0 Å². The van der Waals surface area contributed by atoms with Gasteiger partial charge in [-0.05, 0) is 47.0 Å². The molecule has 7 heteroatoms. The van der Waals surface area contributed by atoms with Gasteiger partial charge >= 0.3 is 0 Å². The monoisotopic (exact) mass is 406 g/mol. The summed E-state index contributed by atoms with van der Waals surface area (Å²) in [6.45, 7) is 6.26. The molecule has 0 radical (unpaired) electrons. The van der Waals surface area contributed by atoms with Gasteiger partial charge in [0.25, 0.3) is 0 Å². The predicted molar refractivity (Wildman–Crippen MR) is 113 cm³/mol. The maximum atomic E-state index is 9.93. The number of ether oxygens (including phenoxy) is 2. The molecule has 3 N–H and O–H groups in total. The Balaban J connectivity index is 2.00. The molecule has 1 atom stereocenters. The average Bonchev–Trinajstić information content (AvgIpc) is 3.36. The molecule has 1 aliphatic heterocycles. The molecule has 1 unspecified atom stereocenters. The molecule has 1 aromatic carbocycles. The van der Waals surface area contributed by atoms with Crippen LogP contribution in [-0.2, 0) is 0 Å². The summed E-state index contributed by atoms with van der Waals surface area (Å²) in [6.07, 6.45) is 0. The second-order valence-electron chi connectivity index (χ2n) is 7.32. The minimum Gasteiger partial charge on any atom is -0.496 e. The number of hydrogen-bond acceptors (Lipinski definition) is 6. The zero-order valence-electron chi connectivity index (χ0n) is 16.7. The van der Waals surface area contributed by atoms with Gasteiger partial charge in [-0.15, -0.1) is 16.4 Å². The second kappa shape index (κ2) is 7.30. The Hall–Kier alpha value is -3.24. The summed E-state index contributed by atoms with van der Waals surface area (Å²) in [5.41, 5.74) is 11.3. The van der Waals surface area contributed by atoms with Crippen LogP contribution in [0.5, 0.6) is 11.6 Å². The van der Waals surface area contributed by atoms with Gasteiger partial charge in [0.2, 0.25) is 11.8 Å². The first-order valence-electron chi connectivity index (χ1n) is 9.34. The van der Waals surface area contributed by atoms with E-state index in [0.717, 1.165) is 38.6 Å². The zero-order valence-corrected chi connectivity index (χ0v) is 17.6. The lowest BCUT2D eigenvalue weighted by Gasteiger charge is -2.26. The molecular weight excluding hydrogens is 384 g/mol. The molecule has 6 nitrogen and oxygen atoms in total. The standard InChI is InChI=1S/C22H22N4O2S/c1-11(2)13-9-14(12(3)8-16(13)27-4)18-15(10-23)21(24)28-22-19(18)20(25-26-22)17-6-5-7-29-17/h5-9,11,18H,24H2,1-4H3,(H,25,26). The Labute approximate surface area is 173 Å². The maximum absolute atomic E-state index is 9.93. The number of fused-ring (bicyclic) bond motifs is 1. The molecule has 4 rings (SSSR count). The largest absolute Gasteiger partial charge is 0.496 e. The Morgan fingerprint density at radius 2 is 2.17 bits per heavy atom. The lowest BCUT2D eigenvalue weighted by molar-refractivity contribution is 0.378. The van der Waals surface area contributed by atoms with E-state index in [-0.39, 0.29) is 17.7 Å². The van der Waals surface area contributed by atoms with Crippen molar-refractivity contribution in [3.63, 3.8) is 0 Å². The fourth-order valence-corrected chi connectivity index (χ4v) is 4.55. The smallest absolute Gasteiger partial charge is 0.244 e. The third kappa shape index (κ3) is 3.06. The van der Waals surface area contributed by atoms with Crippen molar-refractivity contribution in [2.45, 2.75) is 32.6 Å². The second-order valence-corrected chi connectivity index (χ2v) is 8.27. The molecule has 3 heterocycles. The summed E-state index contributed by atoms with van der Waals surface area (Å²) in [6, 6.07) is 10.4. The fraction of sp³-hybridized carbons (Fsp3) is 0.273. The summed E-state index contributed by atoms with van der Waals surface area (Å²) >= 11 is 1.60. The van der Waals surface area contributed by atoms with Crippen LogP contribution in [0, 0.1) is 18.3 Å². The molecule has 3 aromatic rings. The number of nitrogens with one attached hydrogen (secondary N) is 1. The van der Waals surface area contributed by atoms with E-state index >= 15 is 0 Å². The number of nitriles is 1. The van der Waals surface area contributed by atoms with Crippen molar-refractivity contribution in [2.24, 2.45) is 5.73 Å². The van der Waals surface area contributed by atoms with Crippen LogP contribution in [0.3, 0.4) is 0 Å². The van der Waals surface area contributed by atoms with Crippen LogP contribution >= 0.6 is 11.3 Å². The molecule has 148 valence electrons. The topological polar surface area (TPSA) is 96.9 Å². The van der Waals surface area contributed by atoms with Gasteiger partial charge in [-0.25, -0.2) is 0 Å². The molecule has 2 aromatic heterocycles. The average molecular weight is 407 g/mol. The van der Waals surface area contributed by atoms with Crippen molar-refractivity contribution in [1.82, 2.24) is 10.2 Å². The third-order valence-electron chi connectivity index (χ3n) is 5.26. The molecule has 0 aliphatic carbocycles. The summed E-state index contributed by atoms with van der Waals surface area (Å²) in [5, 5.41) is 19.4. The lowest BCUT2D eigenvalue weighted by atomic mass is 9.80. The number of benzene rings is 1. The molecule has 0 amide bonds. The van der Waals surface area contributed by atoms with E-state index in [0.29, 0.717) is 11.5 Å². The van der Waals surface area contributed by atoms with Gasteiger partial charge in [0.15, 0.2) is 0 Å². The van der Waals surface area contributed by atoms with Crippen LogP contribution in [0.25, 0.3) is 10.6 Å². The van der Waals surface area contributed by atoms with Gasteiger partial charge in [0.1, 0.15) is 17.4 Å². The number of aromatic nitrogens is 2. The van der Waals surface area contributed by atoms with Crippen molar-refractivity contribution >= 4 is 11.3 Å². The van der Waals surface area contributed by atoms with E-state index in [1.165, 1.54) is 0 Å². The van der Waals surface area contributed by atoms with Crippen molar-refractivity contribution in [3.05, 3.63) is 63.4 Å². The normalized spacial score (nSPS) is 15.8. The lowest BCUT2D eigenvalue weighted by Crippen LogP contribution is -2.21. The molecule has 0 saturated carbocycles. The number of rotatable bonds is 4. The van der Waals surface area contributed by atoms with E-state index in [1.807, 2.05) is 30.5 Å². The van der Waals surface area contributed by atoms with Gasteiger partial charge in [0, 0.05) is 0 Å². The van der Waals surface area contributed by atoms with Crippen molar-refractivity contribution in [2.75, 3.05) is 7.11 Å². The highest BCUT2D eigenvalue weighted by molar-refractivity contribution is 7.13. The molecule has 0 spiro atoms. The third-order valence-corrected chi connectivity index (χ3v) is 6.15. The highest BCUT2D eigenvalue weighted by atomic mass is 32.1. The Morgan fingerprint density at radius 1 is 1.38 bits per heavy atom. The van der Waals surface area contributed by atoms with Crippen LogP contribution < -0.4 is 15.2 Å². The van der Waals surface area contributed by atoms with E-state index in [9.17, 15) is 5.26 Å². The van der Waals surface area contributed by atoms with Gasteiger partial charge in [-0.2, -0.15) is 5.26 Å². The summed E-state index contributed by atoms with van der Waals surface area (Å²) in [5.74, 6) is 1.24. The minimum atomic E-state index is -0.372. The number of aryl methyl sites for hydroxylation is 1. The molecule has 29 heavy (non-hydrogen) atoms. The van der Waals surface area contributed by atoms with E-state index in [4.69, 9.17) is 15.2 Å².